The van der Waals surface area contributed by atoms with Crippen LogP contribution in [0.4, 0.5) is 0 Å². The first-order valence-electron chi connectivity index (χ1n) is 7.37. The van der Waals surface area contributed by atoms with Crippen LogP contribution in [0.1, 0.15) is 64.7 Å². The Hall–Kier alpha value is 0.374. The molecule has 0 fully saturated rings. The first-order chi connectivity index (χ1) is 8.79. The van der Waals surface area contributed by atoms with Gasteiger partial charge in [-0.3, -0.25) is 0 Å². The fraction of sp³-hybridized carbons (Fsp3) is 0.867. The predicted octanol–water partition coefficient (Wildman–Crippen LogP) is 5.23. The van der Waals surface area contributed by atoms with E-state index in [2.05, 4.69) is 13.5 Å². The van der Waals surface area contributed by atoms with E-state index >= 15 is 0 Å². The molecule has 1 atom stereocenters. The van der Waals surface area contributed by atoms with Crippen molar-refractivity contribution in [3.63, 3.8) is 0 Å². The molecule has 0 saturated heterocycles. The molecule has 0 spiro atoms. The zero-order chi connectivity index (χ0) is 13.6. The van der Waals surface area contributed by atoms with Crippen molar-refractivity contribution in [3.05, 3.63) is 12.7 Å². The van der Waals surface area contributed by atoms with Crippen molar-refractivity contribution < 1.29 is 25.3 Å². The average molecular weight is 291 g/mol. The molecule has 0 heterocycles. The molecular weight excluding hydrogens is 260 g/mol. The van der Waals surface area contributed by atoms with Gasteiger partial charge in [0.2, 0.25) is 0 Å². The Labute approximate surface area is 121 Å². The van der Waals surface area contributed by atoms with Crippen molar-refractivity contribution in [2.24, 2.45) is 0 Å². The molecule has 107 valence electrons. The van der Waals surface area contributed by atoms with Crippen LogP contribution in [0.15, 0.2) is 12.7 Å². The van der Waals surface area contributed by atoms with E-state index < -0.39 is 18.6 Å². The second kappa shape index (κ2) is 13.8. The summed E-state index contributed by atoms with van der Waals surface area (Å²) in [6.07, 6.45) is 14.2. The minimum atomic E-state index is -1.77. The Morgan fingerprint density at radius 1 is 0.944 bits per heavy atom. The molecule has 0 aromatic heterocycles. The quantitative estimate of drug-likeness (QED) is 0.263. The summed E-state index contributed by atoms with van der Waals surface area (Å²) in [6.45, 7) is 6.17. The summed E-state index contributed by atoms with van der Waals surface area (Å²) in [7, 11) is 3.53. The van der Waals surface area contributed by atoms with E-state index in [0.717, 1.165) is 0 Å². The summed E-state index contributed by atoms with van der Waals surface area (Å²) in [6, 6.07) is 0. The van der Waals surface area contributed by atoms with Crippen LogP contribution < -0.4 is 0 Å². The van der Waals surface area contributed by atoms with Crippen LogP contribution in [0.25, 0.3) is 0 Å². The number of unbranched alkanes of at least 4 members (excludes halogenated alkanes) is 7. The van der Waals surface area contributed by atoms with E-state index in [0.29, 0.717) is 4.22 Å². The zero-order valence-electron chi connectivity index (χ0n) is 12.5. The number of hydrogen-bond acceptors (Lipinski definition) is 2. The van der Waals surface area contributed by atoms with Gasteiger partial charge in [0.25, 0.3) is 0 Å². The summed E-state index contributed by atoms with van der Waals surface area (Å²) >= 11 is -1.77. The van der Waals surface area contributed by atoms with Crippen molar-refractivity contribution in [1.29, 1.82) is 0 Å². The zero-order valence-corrected chi connectivity index (χ0v) is 14.1. The van der Waals surface area contributed by atoms with Gasteiger partial charge >= 0.3 is 121 Å². The van der Waals surface area contributed by atoms with Gasteiger partial charge in [-0.15, -0.1) is 0 Å². The van der Waals surface area contributed by atoms with Crippen molar-refractivity contribution in [2.45, 2.75) is 68.9 Å². The van der Waals surface area contributed by atoms with E-state index in [9.17, 15) is 0 Å². The molecule has 2 nitrogen and oxygen atoms in total. The third-order valence-electron chi connectivity index (χ3n) is 3.36. The molecular formula is C15H31O2Ti. The SMILES string of the molecule is C=C[CH](CCCCCCCCCC)[Ti]([O]C)[O]C. The van der Waals surface area contributed by atoms with Gasteiger partial charge < -0.3 is 0 Å². The molecule has 18 heavy (non-hydrogen) atoms. The van der Waals surface area contributed by atoms with Crippen molar-refractivity contribution >= 4 is 0 Å². The standard InChI is InChI=1S/C13H25.2CH3O.Ti/c1-3-5-7-9-11-13-12-10-8-6-4-2;2*1-2;/h3,5H,1,4,6-13H2,2H3;2*1H3;/q;2*-1;+2. The Morgan fingerprint density at radius 3 is 1.89 bits per heavy atom. The third-order valence-corrected chi connectivity index (χ3v) is 6.38. The van der Waals surface area contributed by atoms with Crippen LogP contribution in [0, 0.1) is 0 Å². The molecule has 0 saturated carbocycles. The van der Waals surface area contributed by atoms with Gasteiger partial charge in [-0.1, -0.05) is 0 Å². The first-order valence-corrected chi connectivity index (χ1v) is 9.55. The summed E-state index contributed by atoms with van der Waals surface area (Å²) in [5, 5.41) is 0. The molecule has 0 aliphatic rings. The van der Waals surface area contributed by atoms with E-state index in [1.165, 1.54) is 57.8 Å². The van der Waals surface area contributed by atoms with Gasteiger partial charge in [0.05, 0.1) is 0 Å². The van der Waals surface area contributed by atoms with Gasteiger partial charge in [0.15, 0.2) is 0 Å². The van der Waals surface area contributed by atoms with Crippen molar-refractivity contribution in [3.8, 4) is 0 Å². The molecule has 0 aromatic carbocycles. The van der Waals surface area contributed by atoms with Crippen LogP contribution in [-0.2, 0) is 25.3 Å². The maximum absolute atomic E-state index is 5.45. The van der Waals surface area contributed by atoms with Crippen LogP contribution in [0.2, 0.25) is 4.22 Å². The average Bonchev–Trinajstić information content (AvgIpc) is 2.40. The van der Waals surface area contributed by atoms with Gasteiger partial charge in [0.1, 0.15) is 0 Å². The Kier molecular flexibility index (Phi) is 14.1. The second-order valence-electron chi connectivity index (χ2n) is 4.83. The van der Waals surface area contributed by atoms with Gasteiger partial charge in [-0.05, 0) is 0 Å². The molecule has 0 aliphatic carbocycles. The van der Waals surface area contributed by atoms with Crippen molar-refractivity contribution in [2.75, 3.05) is 14.2 Å². The Morgan fingerprint density at radius 2 is 1.44 bits per heavy atom. The summed E-state index contributed by atoms with van der Waals surface area (Å²) < 4.78 is 11.4. The molecule has 0 aromatic rings. The second-order valence-corrected chi connectivity index (χ2v) is 8.26. The van der Waals surface area contributed by atoms with Gasteiger partial charge in [-0.2, -0.15) is 0 Å². The maximum atomic E-state index is 5.45. The van der Waals surface area contributed by atoms with Gasteiger partial charge in [-0.25, -0.2) is 0 Å². The topological polar surface area (TPSA) is 18.5 Å². The first kappa shape index (κ1) is 18.4. The van der Waals surface area contributed by atoms with Gasteiger partial charge in [0, 0.05) is 0 Å². The number of rotatable bonds is 13. The Balaban J connectivity index is 3.48. The van der Waals surface area contributed by atoms with Crippen LogP contribution in [0.3, 0.4) is 0 Å². The fourth-order valence-corrected chi connectivity index (χ4v) is 4.41. The van der Waals surface area contributed by atoms with E-state index in [4.69, 9.17) is 6.64 Å². The molecule has 0 bridgehead atoms. The number of allylic oxidation sites excluding steroid dienone is 1. The molecule has 1 unspecified atom stereocenters. The Bertz CT molecular complexity index is 181. The number of hydrogen-bond donors (Lipinski definition) is 0. The van der Waals surface area contributed by atoms with Crippen LogP contribution >= 0.6 is 0 Å². The molecule has 0 N–H and O–H groups in total. The molecule has 3 heteroatoms. The van der Waals surface area contributed by atoms with E-state index in [1.807, 2.05) is 6.08 Å². The summed E-state index contributed by atoms with van der Waals surface area (Å²) in [5.74, 6) is 0. The van der Waals surface area contributed by atoms with E-state index in [1.54, 1.807) is 14.2 Å². The van der Waals surface area contributed by atoms with E-state index in [-0.39, 0.29) is 0 Å². The fourth-order valence-electron chi connectivity index (χ4n) is 2.22. The van der Waals surface area contributed by atoms with Crippen molar-refractivity contribution in [1.82, 2.24) is 0 Å². The van der Waals surface area contributed by atoms with Crippen LogP contribution in [-0.4, -0.2) is 14.2 Å². The molecule has 0 amide bonds. The predicted molar refractivity (Wildman–Crippen MR) is 75.2 cm³/mol. The third kappa shape index (κ3) is 9.32. The minimum absolute atomic E-state index is 0.486. The molecule has 0 rings (SSSR count). The molecule has 0 aliphatic heterocycles. The normalized spacial score (nSPS) is 12.4. The summed E-state index contributed by atoms with van der Waals surface area (Å²) in [4.78, 5) is 0. The summed E-state index contributed by atoms with van der Waals surface area (Å²) in [5.41, 5.74) is 0. The van der Waals surface area contributed by atoms with Crippen LogP contribution in [0.5, 0.6) is 0 Å². The monoisotopic (exact) mass is 291 g/mol. The molecule has 0 radical (unpaired) electrons.